The molecule has 0 bridgehead atoms. The summed E-state index contributed by atoms with van der Waals surface area (Å²) in [6, 6.07) is 8.56. The first kappa shape index (κ1) is 22.0. The molecule has 1 saturated heterocycles. The Bertz CT molecular complexity index is 1220. The van der Waals surface area contributed by atoms with Crippen LogP contribution in [0.2, 0.25) is 0 Å². The van der Waals surface area contributed by atoms with Gasteiger partial charge in [-0.05, 0) is 5.56 Å². The molecule has 32 heavy (non-hydrogen) atoms. The Labute approximate surface area is 182 Å². The van der Waals surface area contributed by atoms with Crippen molar-refractivity contribution in [2.24, 2.45) is 0 Å². The van der Waals surface area contributed by atoms with Crippen LogP contribution in [0.4, 0.5) is 5.82 Å². The highest BCUT2D eigenvalue weighted by Gasteiger charge is 2.45. The van der Waals surface area contributed by atoms with Crippen molar-refractivity contribution in [3.05, 3.63) is 48.5 Å². The topological polar surface area (TPSA) is 192 Å². The molecule has 1 amide bonds. The highest BCUT2D eigenvalue weighted by Crippen LogP contribution is 2.32. The maximum Gasteiger partial charge on any atom is 0.362 e. The van der Waals surface area contributed by atoms with Gasteiger partial charge in [0, 0.05) is 0 Å². The van der Waals surface area contributed by atoms with Crippen molar-refractivity contribution in [2.45, 2.75) is 31.0 Å². The number of imidazole rings is 1. The Hall–Kier alpha value is -3.17. The number of nitrogen functional groups attached to an aromatic ring is 1. The van der Waals surface area contributed by atoms with Gasteiger partial charge in [0.25, 0.3) is 0 Å². The zero-order valence-electron chi connectivity index (χ0n) is 16.5. The van der Waals surface area contributed by atoms with Crippen LogP contribution >= 0.6 is 0 Å². The smallest absolute Gasteiger partial charge is 0.362 e. The number of ether oxygens (including phenoxy) is 1. The number of aliphatic hydroxyl groups excluding tert-OH is 2. The van der Waals surface area contributed by atoms with Gasteiger partial charge in [0.15, 0.2) is 17.7 Å². The van der Waals surface area contributed by atoms with E-state index in [2.05, 4.69) is 15.0 Å². The van der Waals surface area contributed by atoms with Crippen molar-refractivity contribution < 1.29 is 32.3 Å². The number of rotatable bonds is 7. The normalized spacial score (nSPS) is 23.4. The summed E-state index contributed by atoms with van der Waals surface area (Å²) in [5.41, 5.74) is 6.90. The summed E-state index contributed by atoms with van der Waals surface area (Å²) in [5, 5.41) is 20.7. The van der Waals surface area contributed by atoms with Gasteiger partial charge < -0.3 is 20.7 Å². The number of carbonyl (C=O) groups is 1. The van der Waals surface area contributed by atoms with Crippen LogP contribution in [0.25, 0.3) is 11.2 Å². The Morgan fingerprint density at radius 1 is 1.19 bits per heavy atom. The van der Waals surface area contributed by atoms with Crippen molar-refractivity contribution in [1.29, 1.82) is 0 Å². The molecule has 1 aliphatic rings. The molecule has 4 rings (SSSR count). The number of benzene rings is 1. The van der Waals surface area contributed by atoms with Gasteiger partial charge in [-0.3, -0.25) is 13.5 Å². The predicted octanol–water partition coefficient (Wildman–Crippen LogP) is -1.35. The monoisotopic (exact) mass is 464 g/mol. The Morgan fingerprint density at radius 2 is 1.94 bits per heavy atom. The number of carbonyl (C=O) groups excluding carboxylic acids is 1. The Kier molecular flexibility index (Phi) is 6.03. The molecule has 3 aromatic rings. The van der Waals surface area contributed by atoms with Gasteiger partial charge in [-0.25, -0.2) is 19.7 Å². The molecule has 4 atom stereocenters. The lowest BCUT2D eigenvalue weighted by Crippen LogP contribution is -2.38. The first-order valence-corrected chi connectivity index (χ1v) is 10.8. The third-order valence-electron chi connectivity index (χ3n) is 4.83. The number of nitrogens with zero attached hydrogens (tertiary/aromatic N) is 4. The molecule has 0 radical (unpaired) electrons. The number of fused-ring (bicyclic) bond motifs is 1. The van der Waals surface area contributed by atoms with E-state index in [-0.39, 0.29) is 23.4 Å². The van der Waals surface area contributed by atoms with E-state index in [9.17, 15) is 23.4 Å². The first-order valence-electron chi connectivity index (χ1n) is 9.43. The minimum Gasteiger partial charge on any atom is -0.387 e. The number of nitrogens with one attached hydrogen (secondary N) is 1. The lowest BCUT2D eigenvalue weighted by atomic mass is 10.1. The van der Waals surface area contributed by atoms with Crippen molar-refractivity contribution in [3.8, 4) is 0 Å². The molecule has 0 spiro atoms. The van der Waals surface area contributed by atoms with E-state index in [0.717, 1.165) is 0 Å². The largest absolute Gasteiger partial charge is 0.387 e. The van der Waals surface area contributed by atoms with Crippen LogP contribution in [0.1, 0.15) is 11.8 Å². The van der Waals surface area contributed by atoms with Crippen molar-refractivity contribution in [3.63, 3.8) is 0 Å². The maximum atomic E-state index is 12.1. The average molecular weight is 464 g/mol. The molecule has 0 aliphatic carbocycles. The van der Waals surface area contributed by atoms with E-state index >= 15 is 0 Å². The summed E-state index contributed by atoms with van der Waals surface area (Å²) in [6.07, 6.45) is -2.91. The molecule has 2 aromatic heterocycles. The molecular weight excluding hydrogens is 444 g/mol. The highest BCUT2D eigenvalue weighted by molar-refractivity contribution is 7.85. The van der Waals surface area contributed by atoms with Gasteiger partial charge in [-0.2, -0.15) is 8.42 Å². The molecule has 14 heteroatoms. The minimum atomic E-state index is -4.47. The van der Waals surface area contributed by atoms with Crippen LogP contribution in [0.15, 0.2) is 43.0 Å². The molecule has 1 fully saturated rings. The van der Waals surface area contributed by atoms with Crippen LogP contribution in [0, 0.1) is 0 Å². The summed E-state index contributed by atoms with van der Waals surface area (Å²) < 4.78 is 37.7. The summed E-state index contributed by atoms with van der Waals surface area (Å²) in [6.45, 7) is -0.646. The van der Waals surface area contributed by atoms with Crippen molar-refractivity contribution in [2.75, 3.05) is 12.3 Å². The lowest BCUT2D eigenvalue weighted by Gasteiger charge is -2.16. The molecule has 5 N–H and O–H groups in total. The van der Waals surface area contributed by atoms with Gasteiger partial charge in [0.05, 0.1) is 19.4 Å². The van der Waals surface area contributed by atoms with E-state index in [1.165, 1.54) is 17.2 Å². The predicted molar refractivity (Wildman–Crippen MR) is 109 cm³/mol. The van der Waals surface area contributed by atoms with E-state index < -0.39 is 47.4 Å². The third-order valence-corrected chi connectivity index (χ3v) is 5.76. The number of nitrogens with two attached hydrogens (primary N) is 1. The molecule has 1 aromatic carbocycles. The van der Waals surface area contributed by atoms with Gasteiger partial charge in [0.2, 0.25) is 5.91 Å². The number of aromatic nitrogens is 4. The van der Waals surface area contributed by atoms with Crippen molar-refractivity contribution in [1.82, 2.24) is 24.2 Å². The van der Waals surface area contributed by atoms with Crippen LogP contribution in [-0.4, -0.2) is 69.0 Å². The Morgan fingerprint density at radius 3 is 2.69 bits per heavy atom. The number of hydrogen-bond acceptors (Lipinski definition) is 11. The van der Waals surface area contributed by atoms with E-state index in [4.69, 9.17) is 14.7 Å². The van der Waals surface area contributed by atoms with Crippen LogP contribution in [-0.2, 0) is 30.4 Å². The zero-order valence-corrected chi connectivity index (χ0v) is 17.3. The summed E-state index contributed by atoms with van der Waals surface area (Å²) in [7, 11) is -4.47. The average Bonchev–Trinajstić information content (AvgIpc) is 3.29. The van der Waals surface area contributed by atoms with E-state index in [0.29, 0.717) is 5.56 Å². The number of amides is 1. The maximum absolute atomic E-state index is 12.1. The van der Waals surface area contributed by atoms with Gasteiger partial charge >= 0.3 is 10.3 Å². The number of aliphatic hydroxyl groups is 2. The van der Waals surface area contributed by atoms with Crippen molar-refractivity contribution >= 4 is 33.2 Å². The highest BCUT2D eigenvalue weighted by atomic mass is 32.2. The fourth-order valence-corrected chi connectivity index (χ4v) is 4.02. The lowest BCUT2D eigenvalue weighted by molar-refractivity contribution is -0.118. The molecule has 170 valence electrons. The van der Waals surface area contributed by atoms with E-state index in [1.54, 1.807) is 35.1 Å². The van der Waals surface area contributed by atoms with E-state index in [1.807, 2.05) is 0 Å². The number of anilines is 1. The Balaban J connectivity index is 1.39. The minimum absolute atomic E-state index is 0.124. The molecular formula is C18H20N6O7S. The first-order chi connectivity index (χ1) is 15.2. The quantitative estimate of drug-likeness (QED) is 0.323. The van der Waals surface area contributed by atoms with Gasteiger partial charge in [-0.1, -0.05) is 30.3 Å². The zero-order chi connectivity index (χ0) is 22.9. The second-order valence-electron chi connectivity index (χ2n) is 7.06. The van der Waals surface area contributed by atoms with Crippen LogP contribution < -0.4 is 10.5 Å². The molecule has 1 aliphatic heterocycles. The summed E-state index contributed by atoms with van der Waals surface area (Å²) >= 11 is 0. The van der Waals surface area contributed by atoms with Crippen LogP contribution in [0.5, 0.6) is 0 Å². The van der Waals surface area contributed by atoms with Gasteiger partial charge in [-0.15, -0.1) is 0 Å². The van der Waals surface area contributed by atoms with Gasteiger partial charge in [0.1, 0.15) is 30.2 Å². The second kappa shape index (κ2) is 8.76. The fourth-order valence-electron chi connectivity index (χ4n) is 3.30. The summed E-state index contributed by atoms with van der Waals surface area (Å²) in [4.78, 5) is 23.9. The summed E-state index contributed by atoms with van der Waals surface area (Å²) in [5.74, 6) is -0.664. The van der Waals surface area contributed by atoms with Crippen LogP contribution in [0.3, 0.4) is 0 Å². The second-order valence-corrected chi connectivity index (χ2v) is 8.40. The fraction of sp³-hybridized carbons (Fsp3) is 0.333. The number of hydrogen-bond donors (Lipinski definition) is 4. The molecule has 3 heterocycles. The SMILES string of the molecule is Nc1ncnc2c1ncn2C1OC(COS(=O)(=O)NC(=O)Cc2ccccc2)[C@@H](O)[C@H]1O. The molecule has 2 unspecified atom stereocenters. The molecule has 13 nitrogen and oxygen atoms in total. The third kappa shape index (κ3) is 4.53. The standard InChI is InChI=1S/C18H20N6O7S/c19-16-13-17(21-8-20-16)24(9-22-13)18-15(27)14(26)11(31-18)7-30-32(28,29)23-12(25)6-10-4-2-1-3-5-10/h1-5,8-9,11,14-15,18,26-27H,6-7H2,(H,23,25)(H2,19,20,21)/t11?,14-,15-,18?/m1/s1. The molecule has 0 saturated carbocycles.